The lowest BCUT2D eigenvalue weighted by Gasteiger charge is -2.34. The van der Waals surface area contributed by atoms with Crippen LogP contribution in [0.25, 0.3) is 5.65 Å². The number of carbonyl (C=O) groups is 2. The van der Waals surface area contributed by atoms with Gasteiger partial charge in [0.25, 0.3) is 5.91 Å². The van der Waals surface area contributed by atoms with E-state index in [1.54, 1.807) is 48.7 Å². The molecule has 35 heavy (non-hydrogen) atoms. The second-order valence-corrected chi connectivity index (χ2v) is 9.38. The summed E-state index contributed by atoms with van der Waals surface area (Å²) in [5.41, 5.74) is 0.508. The Morgan fingerprint density at radius 1 is 1.17 bits per heavy atom. The van der Waals surface area contributed by atoms with Crippen LogP contribution in [0.5, 0.6) is 5.75 Å². The van der Waals surface area contributed by atoms with Gasteiger partial charge < -0.3 is 19.9 Å². The maximum atomic E-state index is 13.6. The van der Waals surface area contributed by atoms with Crippen molar-refractivity contribution in [1.82, 2.24) is 14.7 Å². The Bertz CT molecular complexity index is 1190. The van der Waals surface area contributed by atoms with Crippen molar-refractivity contribution in [3.63, 3.8) is 0 Å². The molecule has 1 amide bonds. The average molecular weight is 480 g/mol. The van der Waals surface area contributed by atoms with Crippen molar-refractivity contribution in [1.29, 1.82) is 0 Å². The highest BCUT2D eigenvalue weighted by molar-refractivity contribution is 5.96. The van der Waals surface area contributed by atoms with Crippen molar-refractivity contribution < 1.29 is 24.2 Å². The summed E-state index contributed by atoms with van der Waals surface area (Å²) in [5.74, 6) is -0.159. The predicted molar refractivity (Wildman–Crippen MR) is 131 cm³/mol. The van der Waals surface area contributed by atoms with Gasteiger partial charge in [-0.15, -0.1) is 0 Å². The van der Waals surface area contributed by atoms with Gasteiger partial charge in [0.1, 0.15) is 5.69 Å². The van der Waals surface area contributed by atoms with Crippen LogP contribution in [-0.4, -0.2) is 46.2 Å². The largest absolute Gasteiger partial charge is 0.489 e. The average Bonchev–Trinajstić information content (AvgIpc) is 3.24. The van der Waals surface area contributed by atoms with E-state index in [-0.39, 0.29) is 0 Å². The van der Waals surface area contributed by atoms with Gasteiger partial charge in [0.15, 0.2) is 17.5 Å². The fourth-order valence-electron chi connectivity index (χ4n) is 4.83. The highest BCUT2D eigenvalue weighted by atomic mass is 16.5. The monoisotopic (exact) mass is 479 g/mol. The summed E-state index contributed by atoms with van der Waals surface area (Å²) in [6.07, 6.45) is 6.25. The first-order valence-electron chi connectivity index (χ1n) is 12.1. The molecule has 0 spiro atoms. The van der Waals surface area contributed by atoms with Crippen molar-refractivity contribution in [3.8, 4) is 5.75 Å². The normalized spacial score (nSPS) is 16.9. The number of ether oxygens (including phenoxy) is 2. The third-order valence-corrected chi connectivity index (χ3v) is 6.92. The molecule has 0 saturated heterocycles. The molecule has 2 heterocycles. The zero-order chi connectivity index (χ0) is 25.0. The van der Waals surface area contributed by atoms with Gasteiger partial charge in [-0.3, -0.25) is 9.20 Å². The molecule has 3 aromatic rings. The number of amides is 1. The van der Waals surface area contributed by atoms with Crippen LogP contribution in [0.1, 0.15) is 60.8 Å². The Morgan fingerprint density at radius 3 is 2.57 bits per heavy atom. The lowest BCUT2D eigenvalue weighted by molar-refractivity contribution is -0.154. The van der Waals surface area contributed by atoms with E-state index in [2.05, 4.69) is 10.3 Å². The maximum Gasteiger partial charge on any atom is 0.337 e. The second kappa shape index (κ2) is 10.5. The summed E-state index contributed by atoms with van der Waals surface area (Å²) in [6, 6.07) is 12.5. The Hall–Kier alpha value is -3.39. The molecule has 1 fully saturated rings. The van der Waals surface area contributed by atoms with Crippen molar-refractivity contribution in [2.24, 2.45) is 5.92 Å². The number of methoxy groups -OCH3 is 1. The number of benzene rings is 1. The third-order valence-electron chi connectivity index (χ3n) is 6.92. The Kier molecular flexibility index (Phi) is 7.40. The molecular weight excluding hydrogens is 446 g/mol. The van der Waals surface area contributed by atoms with E-state index in [0.29, 0.717) is 40.9 Å². The van der Waals surface area contributed by atoms with Crippen LogP contribution in [0.15, 0.2) is 48.7 Å². The van der Waals surface area contributed by atoms with Gasteiger partial charge in [0.05, 0.1) is 24.9 Å². The molecule has 0 unspecified atom stereocenters. The minimum Gasteiger partial charge on any atom is -0.489 e. The SMILES string of the molecule is COC(=O)[C@@H](O)[C@](C)(NC(=O)c1c(C)nc2c(OCC3CCCCC3)cccn12)c1ccccc1. The highest BCUT2D eigenvalue weighted by Crippen LogP contribution is 2.29. The fourth-order valence-corrected chi connectivity index (χ4v) is 4.83. The number of hydrogen-bond donors (Lipinski definition) is 2. The highest BCUT2D eigenvalue weighted by Gasteiger charge is 2.42. The number of nitrogens with one attached hydrogen (secondary N) is 1. The van der Waals surface area contributed by atoms with Crippen molar-refractivity contribution in [2.45, 2.75) is 57.6 Å². The molecular formula is C27H33N3O5. The first-order chi connectivity index (χ1) is 16.8. The first-order valence-corrected chi connectivity index (χ1v) is 12.1. The van der Waals surface area contributed by atoms with Crippen LogP contribution >= 0.6 is 0 Å². The molecule has 0 radical (unpaired) electrons. The Balaban J connectivity index is 1.64. The van der Waals surface area contributed by atoms with E-state index in [1.807, 2.05) is 18.2 Å². The lowest BCUT2D eigenvalue weighted by Crippen LogP contribution is -2.55. The number of imidazole rings is 1. The summed E-state index contributed by atoms with van der Waals surface area (Å²) in [7, 11) is 1.20. The molecule has 1 aliphatic rings. The summed E-state index contributed by atoms with van der Waals surface area (Å²) in [5, 5.41) is 13.7. The lowest BCUT2D eigenvalue weighted by atomic mass is 9.86. The molecule has 0 bridgehead atoms. The molecule has 4 rings (SSSR count). The number of rotatable bonds is 8. The number of aryl methyl sites for hydroxylation is 1. The zero-order valence-electron chi connectivity index (χ0n) is 20.5. The summed E-state index contributed by atoms with van der Waals surface area (Å²) >= 11 is 0. The first kappa shape index (κ1) is 24.7. The smallest absolute Gasteiger partial charge is 0.337 e. The van der Waals surface area contributed by atoms with Crippen molar-refractivity contribution in [3.05, 3.63) is 65.6 Å². The second-order valence-electron chi connectivity index (χ2n) is 9.38. The molecule has 1 aromatic carbocycles. The van der Waals surface area contributed by atoms with Gasteiger partial charge in [0, 0.05) is 6.20 Å². The number of pyridine rings is 1. The van der Waals surface area contributed by atoms with Crippen LogP contribution in [0.2, 0.25) is 0 Å². The van der Waals surface area contributed by atoms with Gasteiger partial charge in [0.2, 0.25) is 0 Å². The summed E-state index contributed by atoms with van der Waals surface area (Å²) in [4.78, 5) is 30.5. The van der Waals surface area contributed by atoms with Crippen LogP contribution in [0.4, 0.5) is 0 Å². The molecule has 186 valence electrons. The Labute approximate surface area is 205 Å². The van der Waals surface area contributed by atoms with E-state index >= 15 is 0 Å². The number of carbonyl (C=O) groups excluding carboxylic acids is 2. The number of fused-ring (bicyclic) bond motifs is 1. The topological polar surface area (TPSA) is 102 Å². The number of nitrogens with zero attached hydrogens (tertiary/aromatic N) is 2. The number of aliphatic hydroxyl groups is 1. The number of aromatic nitrogens is 2. The number of hydrogen-bond acceptors (Lipinski definition) is 6. The van der Waals surface area contributed by atoms with E-state index < -0.39 is 23.5 Å². The molecule has 1 aliphatic carbocycles. The van der Waals surface area contributed by atoms with Gasteiger partial charge in [-0.2, -0.15) is 0 Å². The fraction of sp³-hybridized carbons (Fsp3) is 0.444. The standard InChI is InChI=1S/C27H33N3O5/c1-18-22(25(32)29-27(2,23(31)26(33)34-3)20-13-8-5-9-14-20)30-16-10-15-21(24(30)28-18)35-17-19-11-6-4-7-12-19/h5,8-10,13-16,19,23,31H,4,6-7,11-12,17H2,1-3H3,(H,29,32)/t23-,27-/m1/s1. The van der Waals surface area contributed by atoms with E-state index in [9.17, 15) is 14.7 Å². The van der Waals surface area contributed by atoms with Crippen molar-refractivity contribution >= 4 is 17.5 Å². The van der Waals surface area contributed by atoms with Gasteiger partial charge >= 0.3 is 5.97 Å². The number of esters is 1. The zero-order valence-corrected chi connectivity index (χ0v) is 20.5. The quantitative estimate of drug-likeness (QED) is 0.477. The summed E-state index contributed by atoms with van der Waals surface area (Å²) in [6.45, 7) is 3.98. The Morgan fingerprint density at radius 2 is 1.89 bits per heavy atom. The minimum absolute atomic E-state index is 0.308. The van der Waals surface area contributed by atoms with E-state index in [0.717, 1.165) is 0 Å². The molecule has 2 atom stereocenters. The van der Waals surface area contributed by atoms with Crippen molar-refractivity contribution in [2.75, 3.05) is 13.7 Å². The maximum absolute atomic E-state index is 13.6. The van der Waals surface area contributed by atoms with E-state index in [1.165, 1.54) is 39.2 Å². The summed E-state index contributed by atoms with van der Waals surface area (Å²) < 4.78 is 12.6. The van der Waals surface area contributed by atoms with Crippen LogP contribution in [0, 0.1) is 12.8 Å². The van der Waals surface area contributed by atoms with Crippen LogP contribution in [0.3, 0.4) is 0 Å². The van der Waals surface area contributed by atoms with Gasteiger partial charge in [-0.05, 0) is 50.3 Å². The molecule has 8 heteroatoms. The van der Waals surface area contributed by atoms with Gasteiger partial charge in [-0.1, -0.05) is 49.6 Å². The molecule has 0 aliphatic heterocycles. The van der Waals surface area contributed by atoms with Crippen LogP contribution < -0.4 is 10.1 Å². The predicted octanol–water partition coefficient (Wildman–Crippen LogP) is 3.78. The molecule has 8 nitrogen and oxygen atoms in total. The van der Waals surface area contributed by atoms with E-state index in [4.69, 9.17) is 9.47 Å². The third kappa shape index (κ3) is 5.03. The minimum atomic E-state index is -1.62. The molecule has 2 N–H and O–H groups in total. The van der Waals surface area contributed by atoms with Gasteiger partial charge in [-0.25, -0.2) is 9.78 Å². The molecule has 2 aromatic heterocycles. The van der Waals surface area contributed by atoms with Crippen LogP contribution in [-0.2, 0) is 15.1 Å². The molecule has 1 saturated carbocycles. The number of aliphatic hydroxyl groups excluding tert-OH is 1.